The van der Waals surface area contributed by atoms with E-state index in [-0.39, 0.29) is 12.4 Å². The van der Waals surface area contributed by atoms with Gasteiger partial charge in [0.15, 0.2) is 17.4 Å². The zero-order valence-electron chi connectivity index (χ0n) is 10.7. The summed E-state index contributed by atoms with van der Waals surface area (Å²) in [4.78, 5) is 0. The third-order valence-corrected chi connectivity index (χ3v) is 3.03. The zero-order valence-corrected chi connectivity index (χ0v) is 10.7. The smallest absolute Gasteiger partial charge is 0.174 e. The molecule has 1 aromatic carbocycles. The van der Waals surface area contributed by atoms with Gasteiger partial charge in [0, 0.05) is 24.7 Å². The Labute approximate surface area is 114 Å². The first-order chi connectivity index (χ1) is 9.70. The molecule has 0 saturated heterocycles. The van der Waals surface area contributed by atoms with Crippen molar-refractivity contribution in [3.05, 3.63) is 47.4 Å². The number of hydrogen-bond donors (Lipinski definition) is 1. The molecule has 6 heteroatoms. The third-order valence-electron chi connectivity index (χ3n) is 3.03. The molecule has 0 atom stereocenters. The number of halogens is 2. The van der Waals surface area contributed by atoms with E-state index in [1.165, 1.54) is 18.9 Å². The Balaban J connectivity index is 1.53. The van der Waals surface area contributed by atoms with Crippen molar-refractivity contribution in [2.75, 3.05) is 0 Å². The minimum absolute atomic E-state index is 0.126. The first-order valence-corrected chi connectivity index (χ1v) is 6.46. The van der Waals surface area contributed by atoms with E-state index in [4.69, 9.17) is 9.26 Å². The molecule has 106 valence electrons. The van der Waals surface area contributed by atoms with E-state index in [0.717, 1.165) is 17.8 Å². The lowest BCUT2D eigenvalue weighted by molar-refractivity contribution is 0.247. The lowest BCUT2D eigenvalue weighted by Gasteiger charge is -2.03. The van der Waals surface area contributed by atoms with Crippen molar-refractivity contribution in [1.29, 1.82) is 0 Å². The van der Waals surface area contributed by atoms with Crippen LogP contribution < -0.4 is 10.1 Å². The molecule has 0 spiro atoms. The average molecular weight is 280 g/mol. The monoisotopic (exact) mass is 280 g/mol. The first kappa shape index (κ1) is 13.1. The Morgan fingerprint density at radius 2 is 2.10 bits per heavy atom. The quantitative estimate of drug-likeness (QED) is 0.884. The van der Waals surface area contributed by atoms with Gasteiger partial charge in [0.05, 0.1) is 5.69 Å². The topological polar surface area (TPSA) is 47.3 Å². The van der Waals surface area contributed by atoms with Gasteiger partial charge in [0.2, 0.25) is 0 Å². The third kappa shape index (κ3) is 3.33. The number of nitrogens with zero attached hydrogens (tertiary/aromatic N) is 1. The van der Waals surface area contributed by atoms with Crippen LogP contribution in [0.5, 0.6) is 5.75 Å². The van der Waals surface area contributed by atoms with Crippen molar-refractivity contribution in [2.45, 2.75) is 32.0 Å². The van der Waals surface area contributed by atoms with E-state index in [1.54, 1.807) is 6.07 Å². The highest BCUT2D eigenvalue weighted by Gasteiger charge is 2.20. The number of ether oxygens (including phenoxy) is 1. The lowest BCUT2D eigenvalue weighted by atomic mass is 10.3. The summed E-state index contributed by atoms with van der Waals surface area (Å²) in [5, 5.41) is 7.23. The van der Waals surface area contributed by atoms with E-state index >= 15 is 0 Å². The summed E-state index contributed by atoms with van der Waals surface area (Å²) in [6.45, 7) is 0.793. The average Bonchev–Trinajstić information content (AvgIpc) is 3.16. The Morgan fingerprint density at radius 1 is 1.25 bits per heavy atom. The molecule has 1 aliphatic carbocycles. The molecule has 0 amide bonds. The van der Waals surface area contributed by atoms with Gasteiger partial charge in [-0.15, -0.1) is 0 Å². The van der Waals surface area contributed by atoms with Crippen LogP contribution in [0.2, 0.25) is 0 Å². The lowest BCUT2D eigenvalue weighted by Crippen LogP contribution is -2.15. The number of aromatic nitrogens is 1. The highest BCUT2D eigenvalue weighted by Crippen LogP contribution is 2.20. The molecule has 1 saturated carbocycles. The van der Waals surface area contributed by atoms with Crippen molar-refractivity contribution in [1.82, 2.24) is 10.5 Å². The maximum atomic E-state index is 13.0. The predicted octanol–water partition coefficient (Wildman–Crippen LogP) is 2.78. The maximum absolute atomic E-state index is 13.0. The van der Waals surface area contributed by atoms with Crippen LogP contribution in [0.15, 0.2) is 28.8 Å². The second kappa shape index (κ2) is 5.58. The molecule has 0 aliphatic heterocycles. The van der Waals surface area contributed by atoms with Gasteiger partial charge in [-0.2, -0.15) is 0 Å². The molecular formula is C14H14F2N2O2. The van der Waals surface area contributed by atoms with Crippen LogP contribution in [-0.2, 0) is 13.2 Å². The van der Waals surface area contributed by atoms with Crippen molar-refractivity contribution in [3.63, 3.8) is 0 Å². The normalized spacial score (nSPS) is 14.5. The van der Waals surface area contributed by atoms with E-state index < -0.39 is 11.6 Å². The summed E-state index contributed by atoms with van der Waals surface area (Å²) in [6, 6.07) is 5.78. The predicted molar refractivity (Wildman–Crippen MR) is 67.1 cm³/mol. The summed E-state index contributed by atoms with van der Waals surface area (Å²) < 4.78 is 36.2. The summed E-state index contributed by atoms with van der Waals surface area (Å²) >= 11 is 0. The molecule has 0 radical (unpaired) electrons. The van der Waals surface area contributed by atoms with Gasteiger partial charge in [-0.25, -0.2) is 8.78 Å². The molecule has 1 aliphatic rings. The molecule has 20 heavy (non-hydrogen) atoms. The van der Waals surface area contributed by atoms with Crippen molar-refractivity contribution in [2.24, 2.45) is 0 Å². The molecule has 1 N–H and O–H groups in total. The Kier molecular flexibility index (Phi) is 3.64. The second-order valence-electron chi connectivity index (χ2n) is 4.80. The van der Waals surface area contributed by atoms with Crippen LogP contribution in [-0.4, -0.2) is 11.2 Å². The van der Waals surface area contributed by atoms with Crippen LogP contribution in [0.4, 0.5) is 8.78 Å². The minimum Gasteiger partial charge on any atom is -0.485 e. The fourth-order valence-electron chi connectivity index (χ4n) is 1.76. The van der Waals surface area contributed by atoms with Crippen molar-refractivity contribution >= 4 is 0 Å². The molecule has 1 fully saturated rings. The molecule has 3 rings (SSSR count). The van der Waals surface area contributed by atoms with Crippen LogP contribution in [0, 0.1) is 11.6 Å². The molecule has 0 bridgehead atoms. The molecule has 1 aromatic heterocycles. The van der Waals surface area contributed by atoms with E-state index in [9.17, 15) is 8.78 Å². The summed E-state index contributed by atoms with van der Waals surface area (Å²) in [7, 11) is 0. The summed E-state index contributed by atoms with van der Waals surface area (Å²) in [5.41, 5.74) is 0.806. The highest BCUT2D eigenvalue weighted by atomic mass is 19.2. The number of nitrogens with one attached hydrogen (secondary N) is 1. The molecule has 1 heterocycles. The Morgan fingerprint density at radius 3 is 2.85 bits per heavy atom. The highest BCUT2D eigenvalue weighted by molar-refractivity contribution is 5.23. The van der Waals surface area contributed by atoms with E-state index in [1.807, 2.05) is 0 Å². The Hall–Kier alpha value is -1.95. The first-order valence-electron chi connectivity index (χ1n) is 6.46. The fraction of sp³-hybridized carbons (Fsp3) is 0.357. The largest absolute Gasteiger partial charge is 0.485 e. The van der Waals surface area contributed by atoms with Gasteiger partial charge in [-0.05, 0) is 25.0 Å². The summed E-state index contributed by atoms with van der Waals surface area (Å²) in [5.74, 6) is -1.04. The maximum Gasteiger partial charge on any atom is 0.174 e. The van der Waals surface area contributed by atoms with Gasteiger partial charge in [0.25, 0.3) is 0 Å². The van der Waals surface area contributed by atoms with Gasteiger partial charge in [-0.3, -0.25) is 0 Å². The second-order valence-corrected chi connectivity index (χ2v) is 4.80. The van der Waals surface area contributed by atoms with Crippen LogP contribution in [0.1, 0.15) is 24.3 Å². The van der Waals surface area contributed by atoms with Gasteiger partial charge in [-0.1, -0.05) is 5.16 Å². The van der Waals surface area contributed by atoms with Crippen LogP contribution >= 0.6 is 0 Å². The van der Waals surface area contributed by atoms with Crippen LogP contribution in [0.3, 0.4) is 0 Å². The van der Waals surface area contributed by atoms with Crippen LogP contribution in [0.25, 0.3) is 0 Å². The molecule has 4 nitrogen and oxygen atoms in total. The molecular weight excluding hydrogens is 266 g/mol. The number of benzene rings is 1. The summed E-state index contributed by atoms with van der Waals surface area (Å²) in [6.07, 6.45) is 2.42. The van der Waals surface area contributed by atoms with Gasteiger partial charge in [0.1, 0.15) is 12.4 Å². The van der Waals surface area contributed by atoms with E-state index in [0.29, 0.717) is 18.3 Å². The minimum atomic E-state index is -0.936. The molecule has 0 unspecified atom stereocenters. The SMILES string of the molecule is Fc1ccc(OCc2cc(CNC3CC3)no2)cc1F. The Bertz CT molecular complexity index is 597. The van der Waals surface area contributed by atoms with Crippen molar-refractivity contribution in [3.8, 4) is 5.75 Å². The van der Waals surface area contributed by atoms with E-state index in [2.05, 4.69) is 10.5 Å². The van der Waals surface area contributed by atoms with Crippen molar-refractivity contribution < 1.29 is 18.0 Å². The van der Waals surface area contributed by atoms with Gasteiger partial charge < -0.3 is 14.6 Å². The standard InChI is InChI=1S/C14H14F2N2O2/c15-13-4-3-11(6-14(13)16)19-8-12-5-10(18-20-12)7-17-9-1-2-9/h3-6,9,17H,1-2,7-8H2. The number of hydrogen-bond acceptors (Lipinski definition) is 4. The fourth-order valence-corrected chi connectivity index (χ4v) is 1.76. The van der Waals surface area contributed by atoms with Gasteiger partial charge >= 0.3 is 0 Å². The zero-order chi connectivity index (χ0) is 13.9. The number of rotatable bonds is 6. The molecule has 2 aromatic rings.